The van der Waals surface area contributed by atoms with Crippen LogP contribution in [0.3, 0.4) is 0 Å². The Morgan fingerprint density at radius 3 is 2.36 bits per heavy atom. The van der Waals surface area contributed by atoms with E-state index in [-0.39, 0.29) is 12.2 Å². The van der Waals surface area contributed by atoms with Gasteiger partial charge >= 0.3 is 0 Å². The predicted molar refractivity (Wildman–Crippen MR) is 84.8 cm³/mol. The lowest BCUT2D eigenvalue weighted by Gasteiger charge is -2.13. The van der Waals surface area contributed by atoms with Gasteiger partial charge in [-0.05, 0) is 23.1 Å². The van der Waals surface area contributed by atoms with Crippen molar-refractivity contribution in [1.29, 1.82) is 0 Å². The molecule has 22 heavy (non-hydrogen) atoms. The molecule has 0 aliphatic carbocycles. The SMILES string of the molecule is O=C([O-])c1cccc2cccc(Sc3ccccc3CO)c12. The highest BCUT2D eigenvalue weighted by molar-refractivity contribution is 7.99. The van der Waals surface area contributed by atoms with Gasteiger partial charge in [0.15, 0.2) is 0 Å². The van der Waals surface area contributed by atoms with Gasteiger partial charge in [0.1, 0.15) is 0 Å². The second-order valence-corrected chi connectivity index (χ2v) is 5.90. The third kappa shape index (κ3) is 2.71. The van der Waals surface area contributed by atoms with Gasteiger partial charge in [0.05, 0.1) is 12.6 Å². The second-order valence-electron chi connectivity index (χ2n) is 4.82. The molecule has 0 aromatic heterocycles. The lowest BCUT2D eigenvalue weighted by molar-refractivity contribution is -0.254. The Hall–Kier alpha value is -2.30. The van der Waals surface area contributed by atoms with Crippen LogP contribution >= 0.6 is 11.8 Å². The van der Waals surface area contributed by atoms with Crippen LogP contribution < -0.4 is 5.11 Å². The monoisotopic (exact) mass is 309 g/mol. The first-order valence-corrected chi connectivity index (χ1v) is 7.62. The van der Waals surface area contributed by atoms with E-state index >= 15 is 0 Å². The Bertz CT molecular complexity index is 837. The Balaban J connectivity index is 2.17. The molecule has 0 unspecified atom stereocenters. The number of carbonyl (C=O) groups is 1. The maximum Gasteiger partial charge on any atom is 0.0721 e. The minimum absolute atomic E-state index is 0.0543. The third-order valence-corrected chi connectivity index (χ3v) is 4.63. The smallest absolute Gasteiger partial charge is 0.0721 e. The van der Waals surface area contributed by atoms with Gasteiger partial charge in [-0.1, -0.05) is 60.3 Å². The zero-order valence-corrected chi connectivity index (χ0v) is 12.5. The highest BCUT2D eigenvalue weighted by atomic mass is 32.2. The summed E-state index contributed by atoms with van der Waals surface area (Å²) >= 11 is 1.45. The number of carbonyl (C=O) groups excluding carboxylic acids is 1. The van der Waals surface area contributed by atoms with Crippen molar-refractivity contribution in [2.45, 2.75) is 16.4 Å². The molecule has 3 rings (SSSR count). The topological polar surface area (TPSA) is 60.4 Å². The molecule has 0 spiro atoms. The number of fused-ring (bicyclic) bond motifs is 1. The Labute approximate surface area is 132 Å². The van der Waals surface area contributed by atoms with E-state index in [1.165, 1.54) is 11.8 Å². The summed E-state index contributed by atoms with van der Waals surface area (Å²) in [6.45, 7) is -0.0543. The molecule has 0 saturated heterocycles. The fourth-order valence-corrected chi connectivity index (χ4v) is 3.54. The average Bonchev–Trinajstić information content (AvgIpc) is 2.55. The summed E-state index contributed by atoms with van der Waals surface area (Å²) in [5.74, 6) is -1.19. The number of carboxylic acid groups (broad SMARTS) is 1. The lowest BCUT2D eigenvalue weighted by atomic mass is 10.0. The quantitative estimate of drug-likeness (QED) is 0.805. The molecular formula is C18H13O3S-. The zero-order valence-electron chi connectivity index (χ0n) is 11.7. The van der Waals surface area contributed by atoms with Crippen molar-refractivity contribution in [3.8, 4) is 0 Å². The largest absolute Gasteiger partial charge is 0.545 e. The highest BCUT2D eigenvalue weighted by Crippen LogP contribution is 2.36. The van der Waals surface area contributed by atoms with Crippen LogP contribution in [0.2, 0.25) is 0 Å². The molecule has 110 valence electrons. The van der Waals surface area contributed by atoms with Gasteiger partial charge in [-0.15, -0.1) is 0 Å². The predicted octanol–water partition coefficient (Wildman–Crippen LogP) is 2.85. The van der Waals surface area contributed by atoms with Crippen molar-refractivity contribution in [3.63, 3.8) is 0 Å². The maximum atomic E-state index is 11.4. The number of hydrogen-bond acceptors (Lipinski definition) is 4. The summed E-state index contributed by atoms with van der Waals surface area (Å²) in [6, 6.07) is 18.3. The number of aliphatic hydroxyl groups excluding tert-OH is 1. The standard InChI is InChI=1S/C18H14O3S/c19-11-13-5-1-2-9-15(13)22-16-10-4-7-12-6-3-8-14(17(12)16)18(20)21/h1-10,19H,11H2,(H,20,21)/p-1. The summed E-state index contributed by atoms with van der Waals surface area (Å²) in [5, 5.41) is 22.3. The maximum absolute atomic E-state index is 11.4. The summed E-state index contributed by atoms with van der Waals surface area (Å²) in [6.07, 6.45) is 0. The van der Waals surface area contributed by atoms with Gasteiger partial charge in [0.25, 0.3) is 0 Å². The van der Waals surface area contributed by atoms with E-state index in [0.717, 1.165) is 20.7 Å². The number of benzene rings is 3. The number of rotatable bonds is 4. The van der Waals surface area contributed by atoms with Crippen LogP contribution in [0.15, 0.2) is 70.5 Å². The van der Waals surface area contributed by atoms with Crippen LogP contribution in [0, 0.1) is 0 Å². The van der Waals surface area contributed by atoms with Crippen LogP contribution in [-0.2, 0) is 6.61 Å². The summed E-state index contributed by atoms with van der Waals surface area (Å²) in [5.41, 5.74) is 0.998. The van der Waals surface area contributed by atoms with E-state index in [1.54, 1.807) is 12.1 Å². The average molecular weight is 309 g/mol. The van der Waals surface area contributed by atoms with Crippen molar-refractivity contribution in [1.82, 2.24) is 0 Å². The highest BCUT2D eigenvalue weighted by Gasteiger charge is 2.10. The van der Waals surface area contributed by atoms with E-state index in [9.17, 15) is 15.0 Å². The summed E-state index contributed by atoms with van der Waals surface area (Å²) < 4.78 is 0. The van der Waals surface area contributed by atoms with Gasteiger partial charge in [-0.2, -0.15) is 0 Å². The molecule has 4 heteroatoms. The molecule has 0 aliphatic heterocycles. The third-order valence-electron chi connectivity index (χ3n) is 3.45. The van der Waals surface area contributed by atoms with Gasteiger partial charge in [-0.3, -0.25) is 0 Å². The van der Waals surface area contributed by atoms with Crippen molar-refractivity contribution in [2.24, 2.45) is 0 Å². The van der Waals surface area contributed by atoms with E-state index in [2.05, 4.69) is 0 Å². The zero-order chi connectivity index (χ0) is 15.5. The molecule has 0 heterocycles. The Morgan fingerprint density at radius 2 is 1.64 bits per heavy atom. The molecule has 3 nitrogen and oxygen atoms in total. The minimum Gasteiger partial charge on any atom is -0.545 e. The molecule has 0 aliphatic rings. The van der Waals surface area contributed by atoms with Crippen LogP contribution in [0.4, 0.5) is 0 Å². The number of hydrogen-bond donors (Lipinski definition) is 1. The Morgan fingerprint density at radius 1 is 0.955 bits per heavy atom. The van der Waals surface area contributed by atoms with E-state index in [1.807, 2.05) is 48.5 Å². The first kappa shape index (κ1) is 14.6. The van der Waals surface area contributed by atoms with E-state index < -0.39 is 5.97 Å². The van der Waals surface area contributed by atoms with Gasteiger partial charge in [-0.25, -0.2) is 0 Å². The lowest BCUT2D eigenvalue weighted by Crippen LogP contribution is -2.22. The molecule has 0 fully saturated rings. The van der Waals surface area contributed by atoms with Gasteiger partial charge < -0.3 is 15.0 Å². The first-order valence-electron chi connectivity index (χ1n) is 6.80. The number of aromatic carboxylic acids is 1. The van der Waals surface area contributed by atoms with Gasteiger partial charge in [0, 0.05) is 20.7 Å². The number of carboxylic acids is 1. The fraction of sp³-hybridized carbons (Fsp3) is 0.0556. The molecule has 1 N–H and O–H groups in total. The molecular weight excluding hydrogens is 296 g/mol. The first-order chi connectivity index (χ1) is 10.7. The minimum atomic E-state index is -1.19. The van der Waals surface area contributed by atoms with E-state index in [4.69, 9.17) is 0 Å². The van der Waals surface area contributed by atoms with Crippen molar-refractivity contribution in [2.75, 3.05) is 0 Å². The van der Waals surface area contributed by atoms with Crippen LogP contribution in [0.1, 0.15) is 15.9 Å². The Kier molecular flexibility index (Phi) is 4.13. The summed E-state index contributed by atoms with van der Waals surface area (Å²) in [7, 11) is 0. The van der Waals surface area contributed by atoms with Crippen LogP contribution in [-0.4, -0.2) is 11.1 Å². The molecule has 0 bridgehead atoms. The van der Waals surface area contributed by atoms with Crippen molar-refractivity contribution < 1.29 is 15.0 Å². The van der Waals surface area contributed by atoms with E-state index in [0.29, 0.717) is 5.39 Å². The van der Waals surface area contributed by atoms with Crippen molar-refractivity contribution in [3.05, 3.63) is 71.8 Å². The van der Waals surface area contributed by atoms with Crippen molar-refractivity contribution >= 4 is 28.5 Å². The molecule has 0 radical (unpaired) electrons. The van der Waals surface area contributed by atoms with Gasteiger partial charge in [0.2, 0.25) is 0 Å². The molecule has 0 saturated carbocycles. The second kappa shape index (κ2) is 6.22. The normalized spacial score (nSPS) is 10.8. The molecule has 0 amide bonds. The fourth-order valence-electron chi connectivity index (χ4n) is 2.41. The van der Waals surface area contributed by atoms with Crippen LogP contribution in [0.5, 0.6) is 0 Å². The molecule has 3 aromatic carbocycles. The van der Waals surface area contributed by atoms with Crippen LogP contribution in [0.25, 0.3) is 10.8 Å². The molecule has 3 aromatic rings. The summed E-state index contributed by atoms with van der Waals surface area (Å²) in [4.78, 5) is 13.1. The molecule has 0 atom stereocenters. The number of aliphatic hydroxyl groups is 1.